The average Bonchev–Trinajstić information content (AvgIpc) is 3.18. The third kappa shape index (κ3) is 4.11. The minimum Gasteiger partial charge on any atom is -0.349 e. The number of hydrogen-bond donors (Lipinski definition) is 1. The van der Waals surface area contributed by atoms with E-state index >= 15 is 0 Å². The fourth-order valence-electron chi connectivity index (χ4n) is 3.05. The Bertz CT molecular complexity index is 796. The maximum absolute atomic E-state index is 12.5. The Morgan fingerprint density at radius 1 is 1.16 bits per heavy atom. The van der Waals surface area contributed by atoms with Crippen LogP contribution in [0.3, 0.4) is 0 Å². The van der Waals surface area contributed by atoms with Gasteiger partial charge in [-0.05, 0) is 36.8 Å². The minimum atomic E-state index is -3.41. The monoisotopic (exact) mass is 378 g/mol. The van der Waals surface area contributed by atoms with Crippen LogP contribution in [0.4, 0.5) is 0 Å². The highest BCUT2D eigenvalue weighted by atomic mass is 32.2. The molecule has 1 saturated heterocycles. The number of thiophene rings is 1. The Kier molecular flexibility index (Phi) is 5.56. The van der Waals surface area contributed by atoms with Crippen LogP contribution in [-0.2, 0) is 14.8 Å². The van der Waals surface area contributed by atoms with E-state index in [0.717, 1.165) is 5.56 Å². The first-order valence-corrected chi connectivity index (χ1v) is 10.7. The molecule has 1 N–H and O–H groups in total. The van der Waals surface area contributed by atoms with Crippen LogP contribution in [0.15, 0.2) is 52.1 Å². The van der Waals surface area contributed by atoms with Gasteiger partial charge in [-0.2, -0.15) is 4.31 Å². The lowest BCUT2D eigenvalue weighted by molar-refractivity contribution is -0.126. The smallest absolute Gasteiger partial charge is 0.252 e. The highest BCUT2D eigenvalue weighted by molar-refractivity contribution is 7.91. The van der Waals surface area contributed by atoms with Crippen LogP contribution in [0.25, 0.3) is 0 Å². The number of carbonyl (C=O) groups is 1. The number of nitrogens with one attached hydrogen (secondary N) is 1. The largest absolute Gasteiger partial charge is 0.349 e. The number of carbonyl (C=O) groups excluding carboxylic acids is 1. The molecule has 0 radical (unpaired) electrons. The van der Waals surface area contributed by atoms with Crippen LogP contribution >= 0.6 is 11.3 Å². The summed E-state index contributed by atoms with van der Waals surface area (Å²) in [7, 11) is -3.41. The lowest BCUT2D eigenvalue weighted by Gasteiger charge is -2.30. The lowest BCUT2D eigenvalue weighted by Crippen LogP contribution is -2.43. The summed E-state index contributed by atoms with van der Waals surface area (Å²) in [5.41, 5.74) is 1.06. The summed E-state index contributed by atoms with van der Waals surface area (Å²) >= 11 is 1.23. The van der Waals surface area contributed by atoms with Gasteiger partial charge in [-0.3, -0.25) is 4.79 Å². The summed E-state index contributed by atoms with van der Waals surface area (Å²) in [4.78, 5) is 12.5. The third-order valence-corrected chi connectivity index (χ3v) is 7.84. The second-order valence-corrected chi connectivity index (χ2v) is 9.36. The molecule has 3 rings (SSSR count). The van der Waals surface area contributed by atoms with Gasteiger partial charge in [0.15, 0.2) is 0 Å². The molecule has 134 valence electrons. The zero-order valence-electron chi connectivity index (χ0n) is 14.1. The summed E-state index contributed by atoms with van der Waals surface area (Å²) in [6, 6.07) is 13.1. The SMILES string of the molecule is C[C@@H](NC(=O)C1CCN(S(=O)(=O)c2cccs2)CC1)c1ccccc1. The molecule has 5 nitrogen and oxygen atoms in total. The molecule has 1 aliphatic heterocycles. The van der Waals surface area contributed by atoms with E-state index in [4.69, 9.17) is 0 Å². The third-order valence-electron chi connectivity index (χ3n) is 4.57. The highest BCUT2D eigenvalue weighted by Gasteiger charge is 2.32. The summed E-state index contributed by atoms with van der Waals surface area (Å²) in [6.45, 7) is 2.74. The van der Waals surface area contributed by atoms with E-state index in [0.29, 0.717) is 30.1 Å². The molecule has 7 heteroatoms. The fourth-order valence-corrected chi connectivity index (χ4v) is 5.67. The summed E-state index contributed by atoms with van der Waals surface area (Å²) < 4.78 is 26.9. The number of benzene rings is 1. The van der Waals surface area contributed by atoms with Crippen LogP contribution in [0.2, 0.25) is 0 Å². The predicted octanol–water partition coefficient (Wildman–Crippen LogP) is 3.03. The summed E-state index contributed by atoms with van der Waals surface area (Å²) in [5, 5.41) is 4.80. The molecule has 1 aromatic carbocycles. The van der Waals surface area contributed by atoms with E-state index in [-0.39, 0.29) is 17.9 Å². The van der Waals surface area contributed by atoms with Gasteiger partial charge in [0.25, 0.3) is 10.0 Å². The normalized spacial score (nSPS) is 18.0. The number of hydrogen-bond acceptors (Lipinski definition) is 4. The van der Waals surface area contributed by atoms with Gasteiger partial charge in [-0.25, -0.2) is 8.42 Å². The van der Waals surface area contributed by atoms with Crippen molar-refractivity contribution >= 4 is 27.3 Å². The first-order valence-electron chi connectivity index (χ1n) is 8.37. The maximum atomic E-state index is 12.5. The van der Waals surface area contributed by atoms with E-state index in [1.165, 1.54) is 15.6 Å². The van der Waals surface area contributed by atoms with E-state index in [9.17, 15) is 13.2 Å². The Morgan fingerprint density at radius 3 is 2.44 bits per heavy atom. The molecule has 25 heavy (non-hydrogen) atoms. The molecule has 0 bridgehead atoms. The molecule has 1 amide bonds. The Morgan fingerprint density at radius 2 is 1.84 bits per heavy atom. The van der Waals surface area contributed by atoms with Gasteiger partial charge < -0.3 is 5.32 Å². The Labute approximate surface area is 152 Å². The van der Waals surface area contributed by atoms with Crippen LogP contribution in [0, 0.1) is 5.92 Å². The van der Waals surface area contributed by atoms with Crippen molar-refractivity contribution in [1.82, 2.24) is 9.62 Å². The Hall–Kier alpha value is -1.70. The zero-order chi connectivity index (χ0) is 17.9. The number of amides is 1. The molecule has 1 fully saturated rings. The first-order chi connectivity index (χ1) is 12.0. The van der Waals surface area contributed by atoms with Gasteiger partial charge >= 0.3 is 0 Å². The van der Waals surface area contributed by atoms with Crippen LogP contribution in [-0.4, -0.2) is 31.7 Å². The van der Waals surface area contributed by atoms with Gasteiger partial charge in [0, 0.05) is 19.0 Å². The van der Waals surface area contributed by atoms with Crippen molar-refractivity contribution in [2.75, 3.05) is 13.1 Å². The van der Waals surface area contributed by atoms with Gasteiger partial charge in [0.2, 0.25) is 5.91 Å². The second-order valence-electron chi connectivity index (χ2n) is 6.25. The standard InChI is InChI=1S/C18H22N2O3S2/c1-14(15-6-3-2-4-7-15)19-18(21)16-9-11-20(12-10-16)25(22,23)17-8-5-13-24-17/h2-8,13-14,16H,9-12H2,1H3,(H,19,21)/t14-/m1/s1. The van der Waals surface area contributed by atoms with Crippen LogP contribution < -0.4 is 5.32 Å². The average molecular weight is 379 g/mol. The zero-order valence-corrected chi connectivity index (χ0v) is 15.7. The molecule has 0 aliphatic carbocycles. The molecule has 1 atom stereocenters. The number of nitrogens with zero attached hydrogens (tertiary/aromatic N) is 1. The van der Waals surface area contributed by atoms with E-state index in [1.54, 1.807) is 17.5 Å². The molecular formula is C18H22N2O3S2. The van der Waals surface area contributed by atoms with Crippen molar-refractivity contribution in [2.45, 2.75) is 30.0 Å². The van der Waals surface area contributed by atoms with Gasteiger partial charge in [0.1, 0.15) is 4.21 Å². The maximum Gasteiger partial charge on any atom is 0.252 e. The van der Waals surface area contributed by atoms with Crippen molar-refractivity contribution < 1.29 is 13.2 Å². The summed E-state index contributed by atoms with van der Waals surface area (Å²) in [5.74, 6) is -0.134. The van der Waals surface area contributed by atoms with Gasteiger partial charge in [-0.1, -0.05) is 36.4 Å². The molecular weight excluding hydrogens is 356 g/mol. The van der Waals surface area contributed by atoms with Crippen molar-refractivity contribution in [1.29, 1.82) is 0 Å². The van der Waals surface area contributed by atoms with Crippen molar-refractivity contribution in [3.8, 4) is 0 Å². The molecule has 2 aromatic rings. The van der Waals surface area contributed by atoms with Crippen molar-refractivity contribution in [2.24, 2.45) is 5.92 Å². The van der Waals surface area contributed by atoms with E-state index in [1.807, 2.05) is 37.3 Å². The molecule has 0 saturated carbocycles. The fraction of sp³-hybridized carbons (Fsp3) is 0.389. The van der Waals surface area contributed by atoms with Gasteiger partial charge in [0.05, 0.1) is 6.04 Å². The summed E-state index contributed by atoms with van der Waals surface area (Å²) in [6.07, 6.45) is 1.11. The minimum absolute atomic E-state index is 0.00419. The van der Waals surface area contributed by atoms with Gasteiger partial charge in [-0.15, -0.1) is 11.3 Å². The van der Waals surface area contributed by atoms with E-state index in [2.05, 4.69) is 5.32 Å². The quantitative estimate of drug-likeness (QED) is 0.870. The molecule has 0 unspecified atom stereocenters. The first kappa shape index (κ1) is 18.1. The van der Waals surface area contributed by atoms with Crippen molar-refractivity contribution in [3.63, 3.8) is 0 Å². The predicted molar refractivity (Wildman–Crippen MR) is 98.8 cm³/mol. The second kappa shape index (κ2) is 7.68. The van der Waals surface area contributed by atoms with Crippen LogP contribution in [0.1, 0.15) is 31.4 Å². The lowest BCUT2D eigenvalue weighted by atomic mass is 9.96. The van der Waals surface area contributed by atoms with Crippen LogP contribution in [0.5, 0.6) is 0 Å². The highest BCUT2D eigenvalue weighted by Crippen LogP contribution is 2.26. The molecule has 1 aliphatic rings. The topological polar surface area (TPSA) is 66.5 Å². The molecule has 1 aromatic heterocycles. The molecule has 2 heterocycles. The Balaban J connectivity index is 1.56. The number of sulfonamides is 1. The number of piperidine rings is 1. The van der Waals surface area contributed by atoms with Crippen molar-refractivity contribution in [3.05, 3.63) is 53.4 Å². The number of rotatable bonds is 5. The van der Waals surface area contributed by atoms with E-state index < -0.39 is 10.0 Å². The molecule has 0 spiro atoms.